The zero-order valence-corrected chi connectivity index (χ0v) is 13.1. The maximum Gasteiger partial charge on any atom is 0.190 e. The van der Waals surface area contributed by atoms with E-state index in [9.17, 15) is 4.79 Å². The number of methoxy groups -OCH3 is 1. The van der Waals surface area contributed by atoms with Gasteiger partial charge in [0.2, 0.25) is 0 Å². The van der Waals surface area contributed by atoms with Crippen LogP contribution in [-0.2, 0) is 17.8 Å². The molecule has 0 saturated carbocycles. The summed E-state index contributed by atoms with van der Waals surface area (Å²) in [5.74, 6) is 0. The Hall–Kier alpha value is -1.72. The molecule has 1 aromatic heterocycles. The number of nitrogens with zero attached hydrogens (tertiary/aromatic N) is 2. The molecule has 110 valence electrons. The summed E-state index contributed by atoms with van der Waals surface area (Å²) >= 11 is 1.44. The van der Waals surface area contributed by atoms with Crippen molar-refractivity contribution in [3.05, 3.63) is 39.9 Å². The smallest absolute Gasteiger partial charge is 0.190 e. The van der Waals surface area contributed by atoms with E-state index < -0.39 is 0 Å². The third kappa shape index (κ3) is 2.71. The first-order valence-electron chi connectivity index (χ1n) is 7.04. The molecule has 0 fully saturated rings. The summed E-state index contributed by atoms with van der Waals surface area (Å²) in [6.07, 6.45) is 3.08. The average molecular weight is 302 g/mol. The molecular weight excluding hydrogens is 284 g/mol. The van der Waals surface area contributed by atoms with E-state index in [2.05, 4.69) is 35.0 Å². The third-order valence-corrected chi connectivity index (χ3v) is 4.73. The topological polar surface area (TPSA) is 42.4 Å². The van der Waals surface area contributed by atoms with Crippen molar-refractivity contribution < 1.29 is 9.53 Å². The van der Waals surface area contributed by atoms with E-state index in [4.69, 9.17) is 4.74 Å². The molecule has 0 radical (unpaired) electrons. The number of rotatable bonds is 4. The van der Waals surface area contributed by atoms with Gasteiger partial charge in [0.05, 0.1) is 17.2 Å². The summed E-state index contributed by atoms with van der Waals surface area (Å²) in [5.41, 5.74) is 4.58. The fourth-order valence-electron chi connectivity index (χ4n) is 2.72. The van der Waals surface area contributed by atoms with Crippen LogP contribution in [-0.4, -0.2) is 24.9 Å². The number of aromatic nitrogens is 1. The second kappa shape index (κ2) is 5.95. The van der Waals surface area contributed by atoms with Crippen LogP contribution >= 0.6 is 11.3 Å². The summed E-state index contributed by atoms with van der Waals surface area (Å²) in [6.45, 7) is 3.43. The molecule has 1 aliphatic rings. The molecule has 0 spiro atoms. The zero-order chi connectivity index (χ0) is 14.8. The summed E-state index contributed by atoms with van der Waals surface area (Å²) in [6, 6.07) is 6.52. The molecule has 21 heavy (non-hydrogen) atoms. The Balaban J connectivity index is 2.00. The second-order valence-electron chi connectivity index (χ2n) is 5.25. The predicted octanol–water partition coefficient (Wildman–Crippen LogP) is 3.49. The van der Waals surface area contributed by atoms with Gasteiger partial charge in [-0.25, -0.2) is 4.98 Å². The molecule has 0 aliphatic carbocycles. The summed E-state index contributed by atoms with van der Waals surface area (Å²) in [7, 11) is 1.62. The lowest BCUT2D eigenvalue weighted by Gasteiger charge is -2.29. The first kappa shape index (κ1) is 14.2. The van der Waals surface area contributed by atoms with Gasteiger partial charge in [0.1, 0.15) is 0 Å². The molecule has 5 heteroatoms. The quantitative estimate of drug-likeness (QED) is 0.811. The van der Waals surface area contributed by atoms with Gasteiger partial charge in [-0.3, -0.25) is 4.79 Å². The minimum Gasteiger partial charge on any atom is -0.378 e. The molecule has 0 bridgehead atoms. The van der Waals surface area contributed by atoms with Gasteiger partial charge in [0.25, 0.3) is 0 Å². The standard InChI is InChI=1S/C16H18N2O2S/c1-11-5-6-14-12(8-11)4-3-7-18(14)16-17-13(10-20-2)15(9-19)21-16/h5-6,8-9H,3-4,7,10H2,1-2H3. The van der Waals surface area contributed by atoms with E-state index in [0.717, 1.165) is 36.5 Å². The lowest BCUT2D eigenvalue weighted by Crippen LogP contribution is -2.24. The summed E-state index contributed by atoms with van der Waals surface area (Å²) in [5, 5.41) is 0.883. The molecule has 2 aromatic rings. The highest BCUT2D eigenvalue weighted by atomic mass is 32.1. The number of aldehydes is 1. The van der Waals surface area contributed by atoms with Gasteiger partial charge >= 0.3 is 0 Å². The third-order valence-electron chi connectivity index (χ3n) is 3.69. The summed E-state index contributed by atoms with van der Waals surface area (Å²) < 4.78 is 5.12. The SMILES string of the molecule is COCc1nc(N2CCCc3cc(C)ccc32)sc1C=O. The van der Waals surface area contributed by atoms with Gasteiger partial charge in [-0.15, -0.1) is 0 Å². The Labute approximate surface area is 128 Å². The molecule has 0 saturated heterocycles. The fraction of sp³-hybridized carbons (Fsp3) is 0.375. The Bertz CT molecular complexity index is 666. The maximum absolute atomic E-state index is 11.2. The van der Waals surface area contributed by atoms with Gasteiger partial charge in [-0.1, -0.05) is 29.0 Å². The number of carbonyl (C=O) groups is 1. The molecule has 0 amide bonds. The van der Waals surface area contributed by atoms with Crippen molar-refractivity contribution in [1.29, 1.82) is 0 Å². The highest BCUT2D eigenvalue weighted by Gasteiger charge is 2.22. The van der Waals surface area contributed by atoms with Crippen molar-refractivity contribution in [1.82, 2.24) is 4.98 Å². The van der Waals surface area contributed by atoms with Crippen LogP contribution in [0, 0.1) is 6.92 Å². The van der Waals surface area contributed by atoms with Crippen LogP contribution in [0.1, 0.15) is 32.9 Å². The molecule has 0 unspecified atom stereocenters. The maximum atomic E-state index is 11.2. The van der Waals surface area contributed by atoms with Crippen LogP contribution in [0.5, 0.6) is 0 Å². The number of aryl methyl sites for hydroxylation is 2. The van der Waals surface area contributed by atoms with Crippen LogP contribution in [0.3, 0.4) is 0 Å². The van der Waals surface area contributed by atoms with Crippen molar-refractivity contribution in [2.24, 2.45) is 0 Å². The molecule has 1 aliphatic heterocycles. The molecule has 0 atom stereocenters. The number of hydrogen-bond acceptors (Lipinski definition) is 5. The van der Waals surface area contributed by atoms with Gasteiger partial charge in [-0.2, -0.15) is 0 Å². The Morgan fingerprint density at radius 1 is 1.48 bits per heavy atom. The molecular formula is C16H18N2O2S. The van der Waals surface area contributed by atoms with Crippen molar-refractivity contribution in [2.45, 2.75) is 26.4 Å². The minimum atomic E-state index is 0.374. The average Bonchev–Trinajstić information content (AvgIpc) is 2.89. The number of benzene rings is 1. The number of anilines is 2. The Morgan fingerprint density at radius 3 is 3.10 bits per heavy atom. The van der Waals surface area contributed by atoms with Gasteiger partial charge in [0, 0.05) is 19.3 Å². The monoisotopic (exact) mass is 302 g/mol. The van der Waals surface area contributed by atoms with Crippen LogP contribution in [0.15, 0.2) is 18.2 Å². The molecule has 4 nitrogen and oxygen atoms in total. The number of thiazole rings is 1. The normalized spacial score (nSPS) is 14.1. The van der Waals surface area contributed by atoms with Crippen LogP contribution in [0.25, 0.3) is 0 Å². The van der Waals surface area contributed by atoms with E-state index in [0.29, 0.717) is 11.5 Å². The van der Waals surface area contributed by atoms with Crippen molar-refractivity contribution in [2.75, 3.05) is 18.6 Å². The molecule has 2 heterocycles. The lowest BCUT2D eigenvalue weighted by atomic mass is 10.00. The van der Waals surface area contributed by atoms with Crippen molar-refractivity contribution >= 4 is 28.4 Å². The summed E-state index contributed by atoms with van der Waals surface area (Å²) in [4.78, 5) is 18.7. The molecule has 0 N–H and O–H groups in total. The highest BCUT2D eigenvalue weighted by molar-refractivity contribution is 7.17. The fourth-order valence-corrected chi connectivity index (χ4v) is 3.65. The van der Waals surface area contributed by atoms with Gasteiger partial charge in [0.15, 0.2) is 11.4 Å². The number of carbonyl (C=O) groups excluding carboxylic acids is 1. The highest BCUT2D eigenvalue weighted by Crippen LogP contribution is 2.37. The lowest BCUT2D eigenvalue weighted by molar-refractivity contribution is 0.112. The Morgan fingerprint density at radius 2 is 2.33 bits per heavy atom. The largest absolute Gasteiger partial charge is 0.378 e. The van der Waals surface area contributed by atoms with Crippen molar-refractivity contribution in [3.63, 3.8) is 0 Å². The first-order chi connectivity index (χ1) is 10.2. The number of ether oxygens (including phenoxy) is 1. The Kier molecular flexibility index (Phi) is 4.03. The number of fused-ring (bicyclic) bond motifs is 1. The van der Waals surface area contributed by atoms with Gasteiger partial charge in [-0.05, 0) is 31.4 Å². The minimum absolute atomic E-state index is 0.374. The second-order valence-corrected chi connectivity index (χ2v) is 6.25. The molecule has 3 rings (SSSR count). The molecule has 1 aromatic carbocycles. The van der Waals surface area contributed by atoms with Crippen LogP contribution < -0.4 is 4.90 Å². The predicted molar refractivity (Wildman–Crippen MR) is 84.7 cm³/mol. The van der Waals surface area contributed by atoms with E-state index in [-0.39, 0.29) is 0 Å². The first-order valence-corrected chi connectivity index (χ1v) is 7.85. The van der Waals surface area contributed by atoms with Crippen molar-refractivity contribution in [3.8, 4) is 0 Å². The van der Waals surface area contributed by atoms with E-state index in [1.165, 1.54) is 28.2 Å². The number of hydrogen-bond donors (Lipinski definition) is 0. The van der Waals surface area contributed by atoms with Crippen LogP contribution in [0.4, 0.5) is 10.8 Å². The van der Waals surface area contributed by atoms with E-state index in [1.54, 1.807) is 7.11 Å². The zero-order valence-electron chi connectivity index (χ0n) is 12.3. The van der Waals surface area contributed by atoms with E-state index >= 15 is 0 Å². The van der Waals surface area contributed by atoms with Crippen LogP contribution in [0.2, 0.25) is 0 Å². The van der Waals surface area contributed by atoms with E-state index in [1.807, 2.05) is 0 Å². The van der Waals surface area contributed by atoms with Gasteiger partial charge < -0.3 is 9.64 Å².